The summed E-state index contributed by atoms with van der Waals surface area (Å²) >= 11 is 0. The molecule has 0 aliphatic carbocycles. The molecule has 5 aromatic rings. The molecule has 0 radical (unpaired) electrons. The van der Waals surface area contributed by atoms with Crippen molar-refractivity contribution < 1.29 is 27.7 Å². The van der Waals surface area contributed by atoms with Crippen LogP contribution >= 0.6 is 0 Å². The van der Waals surface area contributed by atoms with E-state index in [1.54, 1.807) is 12.1 Å². The van der Waals surface area contributed by atoms with Crippen molar-refractivity contribution >= 4 is 21.7 Å². The third-order valence-electron chi connectivity index (χ3n) is 8.78. The zero-order valence-electron chi connectivity index (χ0n) is 25.3. The monoisotopic (exact) mass is 622 g/mol. The van der Waals surface area contributed by atoms with Crippen molar-refractivity contribution in [3.63, 3.8) is 0 Å². The number of halogens is 2. The van der Waals surface area contributed by atoms with Gasteiger partial charge in [-0.15, -0.1) is 6.42 Å². The molecule has 2 aliphatic rings. The average molecular weight is 623 g/mol. The van der Waals surface area contributed by atoms with Crippen LogP contribution < -0.4 is 14.2 Å². The first kappa shape index (κ1) is 29.8. The maximum Gasteiger partial charge on any atom is 0.320 e. The number of nitrogens with zero attached hydrogens (tertiary/aromatic N) is 4. The lowest BCUT2D eigenvalue weighted by molar-refractivity contribution is 0.0512. The number of pyridine rings is 1. The number of methoxy groups -OCH3 is 1. The van der Waals surface area contributed by atoms with Crippen LogP contribution in [-0.4, -0.2) is 65.2 Å². The normalized spacial score (nSPS) is 19.3. The summed E-state index contributed by atoms with van der Waals surface area (Å²) in [6.45, 7) is 1.58. The van der Waals surface area contributed by atoms with Crippen LogP contribution in [0.5, 0.6) is 17.6 Å². The molecule has 2 fully saturated rings. The minimum atomic E-state index is -0.913. The standard InChI is InChI=1S/C36H32F2N4O4/c1-3-24-11-7-12-25-15-27(46-22-43-2)16-28(30(24)25)32-31(38)33-29(18-39-32)34(44-20-23-9-5-4-6-10-23)41-35(40-33)45-21-36-13-8-14-42(36)19-26(37)17-36/h1,4-7,9-12,15-16,18,26H,8,13-14,17,19-22H2,2H3/t26-,36+/m1/s1. The van der Waals surface area contributed by atoms with Gasteiger partial charge in [-0.3, -0.25) is 9.88 Å². The molecular weight excluding hydrogens is 590 g/mol. The van der Waals surface area contributed by atoms with Gasteiger partial charge in [0.15, 0.2) is 12.6 Å². The molecule has 0 N–H and O–H groups in total. The second kappa shape index (κ2) is 12.5. The lowest BCUT2D eigenvalue weighted by atomic mass is 9.95. The molecule has 7 rings (SSSR count). The molecule has 2 aliphatic heterocycles. The minimum Gasteiger partial charge on any atom is -0.472 e. The first-order chi connectivity index (χ1) is 22.5. The van der Waals surface area contributed by atoms with Crippen LogP contribution in [0.1, 0.15) is 30.4 Å². The van der Waals surface area contributed by atoms with Crippen molar-refractivity contribution in [2.75, 3.05) is 33.6 Å². The van der Waals surface area contributed by atoms with Crippen molar-refractivity contribution in [1.29, 1.82) is 0 Å². The van der Waals surface area contributed by atoms with Crippen LogP contribution in [0.15, 0.2) is 66.9 Å². The van der Waals surface area contributed by atoms with Crippen molar-refractivity contribution in [3.8, 4) is 41.2 Å². The van der Waals surface area contributed by atoms with E-state index >= 15 is 4.39 Å². The molecule has 234 valence electrons. The van der Waals surface area contributed by atoms with Crippen LogP contribution in [0.2, 0.25) is 0 Å². The maximum atomic E-state index is 16.8. The van der Waals surface area contributed by atoms with Gasteiger partial charge >= 0.3 is 6.01 Å². The number of ether oxygens (including phenoxy) is 4. The Bertz CT molecular complexity index is 1950. The summed E-state index contributed by atoms with van der Waals surface area (Å²) in [6.07, 6.45) is 8.60. The van der Waals surface area contributed by atoms with E-state index in [-0.39, 0.29) is 48.5 Å². The molecule has 46 heavy (non-hydrogen) atoms. The first-order valence-corrected chi connectivity index (χ1v) is 15.2. The van der Waals surface area contributed by atoms with Crippen molar-refractivity contribution in [2.24, 2.45) is 0 Å². The van der Waals surface area contributed by atoms with Gasteiger partial charge in [-0.1, -0.05) is 48.4 Å². The third kappa shape index (κ3) is 5.57. The Morgan fingerprint density at radius 3 is 2.76 bits per heavy atom. The largest absolute Gasteiger partial charge is 0.472 e. The lowest BCUT2D eigenvalue weighted by Gasteiger charge is -2.30. The number of hydrogen-bond acceptors (Lipinski definition) is 8. The highest BCUT2D eigenvalue weighted by molar-refractivity contribution is 6.02. The van der Waals surface area contributed by atoms with E-state index in [4.69, 9.17) is 25.4 Å². The summed E-state index contributed by atoms with van der Waals surface area (Å²) in [4.78, 5) is 15.8. The predicted molar refractivity (Wildman–Crippen MR) is 170 cm³/mol. The van der Waals surface area contributed by atoms with Gasteiger partial charge in [0.2, 0.25) is 5.88 Å². The Morgan fingerprint density at radius 2 is 1.93 bits per heavy atom. The fraction of sp³-hybridized carbons (Fsp3) is 0.306. The Kier molecular flexibility index (Phi) is 8.11. The molecule has 4 heterocycles. The summed E-state index contributed by atoms with van der Waals surface area (Å²) < 4.78 is 54.3. The smallest absolute Gasteiger partial charge is 0.320 e. The highest BCUT2D eigenvalue weighted by Gasteiger charge is 2.49. The van der Waals surface area contributed by atoms with Gasteiger partial charge in [-0.25, -0.2) is 8.78 Å². The summed E-state index contributed by atoms with van der Waals surface area (Å²) in [6, 6.07) is 18.5. The molecule has 3 aromatic carbocycles. The molecule has 0 amide bonds. The SMILES string of the molecule is C#Cc1cccc2cc(OCOC)cc(-c3ncc4c(OCc5ccccc5)nc(OC[C@@]56CCCN5C[C@H](F)C6)nc4c3F)c12. The van der Waals surface area contributed by atoms with Crippen molar-refractivity contribution in [1.82, 2.24) is 19.9 Å². The first-order valence-electron chi connectivity index (χ1n) is 15.2. The number of benzene rings is 3. The summed E-state index contributed by atoms with van der Waals surface area (Å²) in [5.74, 6) is 2.59. The fourth-order valence-electron chi connectivity index (χ4n) is 6.66. The molecule has 2 atom stereocenters. The van der Waals surface area contributed by atoms with E-state index in [1.165, 1.54) is 13.3 Å². The van der Waals surface area contributed by atoms with E-state index in [2.05, 4.69) is 25.8 Å². The molecule has 10 heteroatoms. The van der Waals surface area contributed by atoms with Gasteiger partial charge in [0.25, 0.3) is 0 Å². The quantitative estimate of drug-likeness (QED) is 0.129. The second-order valence-electron chi connectivity index (χ2n) is 11.7. The zero-order valence-corrected chi connectivity index (χ0v) is 25.3. The molecule has 0 saturated carbocycles. The molecule has 2 aromatic heterocycles. The van der Waals surface area contributed by atoms with Crippen LogP contribution in [-0.2, 0) is 11.3 Å². The van der Waals surface area contributed by atoms with Crippen molar-refractivity contribution in [2.45, 2.75) is 37.6 Å². The van der Waals surface area contributed by atoms with Crippen LogP contribution in [0, 0.1) is 18.2 Å². The van der Waals surface area contributed by atoms with E-state index in [0.29, 0.717) is 35.2 Å². The molecule has 0 unspecified atom stereocenters. The zero-order chi connectivity index (χ0) is 31.7. The predicted octanol–water partition coefficient (Wildman–Crippen LogP) is 6.48. The summed E-state index contributed by atoms with van der Waals surface area (Å²) in [5.41, 5.74) is 1.49. The van der Waals surface area contributed by atoms with E-state index in [1.807, 2.05) is 48.5 Å². The summed E-state index contributed by atoms with van der Waals surface area (Å²) in [5, 5.41) is 1.68. The molecule has 0 bridgehead atoms. The van der Waals surface area contributed by atoms with Crippen molar-refractivity contribution in [3.05, 3.63) is 83.8 Å². The van der Waals surface area contributed by atoms with Gasteiger partial charge < -0.3 is 18.9 Å². The van der Waals surface area contributed by atoms with Crippen LogP contribution in [0.25, 0.3) is 32.9 Å². The number of hydrogen-bond donors (Lipinski definition) is 0. The number of rotatable bonds is 10. The number of alkyl halides is 1. The number of fused-ring (bicyclic) bond motifs is 3. The van der Waals surface area contributed by atoms with Gasteiger partial charge in [0.1, 0.15) is 36.3 Å². The van der Waals surface area contributed by atoms with Gasteiger partial charge in [0, 0.05) is 42.8 Å². The Hall–Kier alpha value is -4.85. The Balaban J connectivity index is 1.34. The molecule has 0 spiro atoms. The van der Waals surface area contributed by atoms with Gasteiger partial charge in [-0.05, 0) is 48.5 Å². The van der Waals surface area contributed by atoms with Crippen LogP contribution in [0.3, 0.4) is 0 Å². The number of aromatic nitrogens is 3. The van der Waals surface area contributed by atoms with Gasteiger partial charge in [0.05, 0.1) is 10.9 Å². The van der Waals surface area contributed by atoms with E-state index in [9.17, 15) is 4.39 Å². The topological polar surface area (TPSA) is 78.8 Å². The third-order valence-corrected chi connectivity index (χ3v) is 8.78. The Morgan fingerprint density at radius 1 is 1.07 bits per heavy atom. The van der Waals surface area contributed by atoms with E-state index < -0.39 is 17.5 Å². The fourth-order valence-corrected chi connectivity index (χ4v) is 6.66. The lowest BCUT2D eigenvalue weighted by Crippen LogP contribution is -2.43. The van der Waals surface area contributed by atoms with E-state index in [0.717, 1.165) is 30.3 Å². The molecular formula is C36H32F2N4O4. The van der Waals surface area contributed by atoms with Gasteiger partial charge in [-0.2, -0.15) is 9.97 Å². The Labute approximate surface area is 265 Å². The highest BCUT2D eigenvalue weighted by Crippen LogP contribution is 2.41. The maximum absolute atomic E-state index is 16.8. The van der Waals surface area contributed by atoms with Crippen LogP contribution in [0.4, 0.5) is 8.78 Å². The highest BCUT2D eigenvalue weighted by atomic mass is 19.1. The number of terminal acetylenes is 1. The molecule has 2 saturated heterocycles. The summed E-state index contributed by atoms with van der Waals surface area (Å²) in [7, 11) is 1.52. The minimum absolute atomic E-state index is 0.00547. The average Bonchev–Trinajstić information content (AvgIpc) is 3.61. The second-order valence-corrected chi connectivity index (χ2v) is 11.7. The molecule has 8 nitrogen and oxygen atoms in total.